The fraction of sp³-hybridized carbons (Fsp3) is 0.621. The molecule has 2 atom stereocenters. The van der Waals surface area contributed by atoms with Crippen LogP contribution in [0.25, 0.3) is 0 Å². The van der Waals surface area contributed by atoms with Gasteiger partial charge in [-0.25, -0.2) is 0 Å². The molecule has 5 heteroatoms. The first kappa shape index (κ1) is 28.0. The molecule has 1 fully saturated rings. The van der Waals surface area contributed by atoms with Gasteiger partial charge < -0.3 is 20.7 Å². The lowest BCUT2D eigenvalue weighted by Gasteiger charge is -2.43. The standard InChI is InChI=1S/C27H39NO4.C2H6/c1-18(2)22-9-8-20(17-32-19(3)29)14-23(22)26-24(30)15-21(16-25(26)31)27(11-7-12-27)10-5-4-6-13-28;1-2/h14-16,22-23,30-31H,1,4-13,17,28H2,2-3H3;1-2H3/t22?,23-;/m0./s1. The Kier molecular flexibility index (Phi) is 10.7. The Balaban J connectivity index is 0.00000199. The monoisotopic (exact) mass is 471 g/mol. The van der Waals surface area contributed by atoms with Crippen molar-refractivity contribution in [3.8, 4) is 11.5 Å². The minimum Gasteiger partial charge on any atom is -0.507 e. The number of allylic oxidation sites excluding steroid dienone is 2. The molecule has 1 saturated carbocycles. The van der Waals surface area contributed by atoms with Gasteiger partial charge in [0.05, 0.1) is 0 Å². The molecule has 0 heterocycles. The van der Waals surface area contributed by atoms with Gasteiger partial charge in [-0.15, -0.1) is 0 Å². The van der Waals surface area contributed by atoms with Gasteiger partial charge in [0.2, 0.25) is 0 Å². The molecule has 0 saturated heterocycles. The van der Waals surface area contributed by atoms with E-state index >= 15 is 0 Å². The summed E-state index contributed by atoms with van der Waals surface area (Å²) < 4.78 is 5.20. The zero-order valence-corrected chi connectivity index (χ0v) is 21.7. The number of rotatable bonds is 10. The summed E-state index contributed by atoms with van der Waals surface area (Å²) in [4.78, 5) is 11.2. The third-order valence-corrected chi connectivity index (χ3v) is 7.47. The van der Waals surface area contributed by atoms with Crippen molar-refractivity contribution >= 4 is 5.97 Å². The van der Waals surface area contributed by atoms with Gasteiger partial charge in [0.15, 0.2) is 0 Å². The number of carbonyl (C=O) groups is 1. The number of unbranched alkanes of at least 4 members (excludes halogenated alkanes) is 2. The van der Waals surface area contributed by atoms with E-state index in [1.807, 2.05) is 39.0 Å². The van der Waals surface area contributed by atoms with E-state index in [0.717, 1.165) is 74.6 Å². The van der Waals surface area contributed by atoms with Crippen LogP contribution in [0.5, 0.6) is 11.5 Å². The largest absolute Gasteiger partial charge is 0.507 e. The number of esters is 1. The zero-order chi connectivity index (χ0) is 25.3. The summed E-state index contributed by atoms with van der Waals surface area (Å²) in [6.45, 7) is 12.5. The van der Waals surface area contributed by atoms with E-state index < -0.39 is 0 Å². The van der Waals surface area contributed by atoms with Gasteiger partial charge in [-0.2, -0.15) is 0 Å². The van der Waals surface area contributed by atoms with Crippen LogP contribution in [-0.4, -0.2) is 29.3 Å². The summed E-state index contributed by atoms with van der Waals surface area (Å²) >= 11 is 0. The number of benzene rings is 1. The van der Waals surface area contributed by atoms with Gasteiger partial charge in [-0.3, -0.25) is 4.79 Å². The van der Waals surface area contributed by atoms with Crippen LogP contribution in [0.3, 0.4) is 0 Å². The van der Waals surface area contributed by atoms with E-state index in [1.54, 1.807) is 0 Å². The van der Waals surface area contributed by atoms with Crippen LogP contribution in [0.2, 0.25) is 0 Å². The summed E-state index contributed by atoms with van der Waals surface area (Å²) in [5, 5.41) is 22.2. The zero-order valence-electron chi connectivity index (χ0n) is 21.7. The first-order chi connectivity index (χ1) is 16.3. The van der Waals surface area contributed by atoms with E-state index in [4.69, 9.17) is 10.5 Å². The fourth-order valence-corrected chi connectivity index (χ4v) is 5.47. The second-order valence-electron chi connectivity index (χ2n) is 9.78. The number of hydrogen-bond acceptors (Lipinski definition) is 5. The van der Waals surface area contributed by atoms with Crippen molar-refractivity contribution in [2.24, 2.45) is 11.7 Å². The molecule has 3 rings (SSSR count). The SMILES string of the molecule is C=C(C)C1CCC(COC(C)=O)=C[C@@H]1c1c(O)cc(C2(CCCCCN)CCC2)cc1O.CC. The lowest BCUT2D eigenvalue weighted by atomic mass is 9.61. The molecular weight excluding hydrogens is 426 g/mol. The smallest absolute Gasteiger partial charge is 0.302 e. The maximum absolute atomic E-state index is 11.2. The van der Waals surface area contributed by atoms with Crippen molar-refractivity contribution in [3.05, 3.63) is 47.1 Å². The van der Waals surface area contributed by atoms with Crippen molar-refractivity contribution in [3.63, 3.8) is 0 Å². The molecule has 0 bridgehead atoms. The lowest BCUT2D eigenvalue weighted by Crippen LogP contribution is -2.34. The first-order valence-electron chi connectivity index (χ1n) is 13.0. The molecule has 1 aromatic carbocycles. The van der Waals surface area contributed by atoms with Crippen LogP contribution in [-0.2, 0) is 14.9 Å². The predicted octanol–water partition coefficient (Wildman–Crippen LogP) is 6.62. The Morgan fingerprint density at radius 3 is 2.29 bits per heavy atom. The van der Waals surface area contributed by atoms with E-state index in [0.29, 0.717) is 5.56 Å². The van der Waals surface area contributed by atoms with Crippen LogP contribution < -0.4 is 5.73 Å². The summed E-state index contributed by atoms with van der Waals surface area (Å²) in [6.07, 6.45) is 11.4. The van der Waals surface area contributed by atoms with Gasteiger partial charge in [0.25, 0.3) is 0 Å². The predicted molar refractivity (Wildman–Crippen MR) is 139 cm³/mol. The highest BCUT2D eigenvalue weighted by molar-refractivity contribution is 5.66. The van der Waals surface area contributed by atoms with E-state index in [2.05, 4.69) is 6.58 Å². The highest BCUT2D eigenvalue weighted by Crippen LogP contribution is 2.52. The second-order valence-corrected chi connectivity index (χ2v) is 9.78. The summed E-state index contributed by atoms with van der Waals surface area (Å²) in [5.74, 6) is -0.0869. The van der Waals surface area contributed by atoms with E-state index in [-0.39, 0.29) is 41.3 Å². The van der Waals surface area contributed by atoms with Gasteiger partial charge >= 0.3 is 5.97 Å². The molecule has 190 valence electrons. The third kappa shape index (κ3) is 6.65. The Bertz CT molecular complexity index is 846. The number of aromatic hydroxyl groups is 2. The van der Waals surface area contributed by atoms with Crippen LogP contribution in [0.1, 0.15) is 103 Å². The Morgan fingerprint density at radius 2 is 1.79 bits per heavy atom. The lowest BCUT2D eigenvalue weighted by molar-refractivity contribution is -0.140. The summed E-state index contributed by atoms with van der Waals surface area (Å²) in [7, 11) is 0. The van der Waals surface area contributed by atoms with Gasteiger partial charge in [0.1, 0.15) is 18.1 Å². The molecule has 0 amide bonds. The van der Waals surface area contributed by atoms with Crippen LogP contribution in [0, 0.1) is 5.92 Å². The second kappa shape index (κ2) is 13.0. The number of phenols is 2. The van der Waals surface area contributed by atoms with Gasteiger partial charge in [-0.1, -0.05) is 51.3 Å². The first-order valence-corrected chi connectivity index (χ1v) is 13.0. The van der Waals surface area contributed by atoms with Crippen molar-refractivity contribution in [2.45, 2.75) is 96.8 Å². The highest BCUT2D eigenvalue weighted by Gasteiger charge is 2.40. The molecule has 4 N–H and O–H groups in total. The van der Waals surface area contributed by atoms with Crippen LogP contribution >= 0.6 is 0 Å². The number of ether oxygens (including phenoxy) is 1. The molecule has 1 unspecified atom stereocenters. The molecular formula is C29H45NO4. The minimum atomic E-state index is -0.309. The van der Waals surface area contributed by atoms with Gasteiger partial charge in [0, 0.05) is 18.4 Å². The van der Waals surface area contributed by atoms with Crippen LogP contribution in [0.15, 0.2) is 35.9 Å². The maximum Gasteiger partial charge on any atom is 0.302 e. The van der Waals surface area contributed by atoms with Crippen molar-refractivity contribution in [2.75, 3.05) is 13.2 Å². The molecule has 0 aromatic heterocycles. The molecule has 5 nitrogen and oxygen atoms in total. The Morgan fingerprint density at radius 1 is 1.15 bits per heavy atom. The maximum atomic E-state index is 11.2. The molecule has 34 heavy (non-hydrogen) atoms. The van der Waals surface area contributed by atoms with Crippen molar-refractivity contribution in [1.82, 2.24) is 0 Å². The molecule has 2 aliphatic carbocycles. The molecule has 0 spiro atoms. The quantitative estimate of drug-likeness (QED) is 0.202. The van der Waals surface area contributed by atoms with Crippen molar-refractivity contribution in [1.29, 1.82) is 0 Å². The summed E-state index contributed by atoms with van der Waals surface area (Å²) in [6, 6.07) is 3.75. The number of phenolic OH excluding ortho intramolecular Hbond substituents is 2. The third-order valence-electron chi connectivity index (χ3n) is 7.47. The Labute approximate surface area is 206 Å². The van der Waals surface area contributed by atoms with Gasteiger partial charge in [-0.05, 0) is 86.6 Å². The van der Waals surface area contributed by atoms with E-state index in [1.165, 1.54) is 13.3 Å². The number of carbonyl (C=O) groups excluding carboxylic acids is 1. The topological polar surface area (TPSA) is 92.8 Å². The average Bonchev–Trinajstić information content (AvgIpc) is 2.77. The minimum absolute atomic E-state index is 0.0543. The number of hydrogen-bond donors (Lipinski definition) is 3. The van der Waals surface area contributed by atoms with E-state index in [9.17, 15) is 15.0 Å². The fourth-order valence-electron chi connectivity index (χ4n) is 5.47. The highest BCUT2D eigenvalue weighted by atomic mass is 16.5. The Hall–Kier alpha value is -2.27. The molecule has 0 radical (unpaired) electrons. The molecule has 2 aliphatic rings. The summed E-state index contributed by atoms with van der Waals surface area (Å²) in [5.41, 5.74) is 9.33. The normalized spacial score (nSPS) is 20.9. The average molecular weight is 472 g/mol. The molecule has 1 aromatic rings. The molecule has 0 aliphatic heterocycles. The number of nitrogens with two attached hydrogens (primary N) is 1. The van der Waals surface area contributed by atoms with Crippen LogP contribution in [0.4, 0.5) is 0 Å². The van der Waals surface area contributed by atoms with Crippen molar-refractivity contribution < 1.29 is 19.7 Å².